The molecule has 57 heavy (non-hydrogen) atoms. The van der Waals surface area contributed by atoms with Gasteiger partial charge in [-0.05, 0) is 76.7 Å². The summed E-state index contributed by atoms with van der Waals surface area (Å²) in [5.74, 6) is 1.97. The summed E-state index contributed by atoms with van der Waals surface area (Å²) in [5, 5.41) is 2.15. The third kappa shape index (κ3) is 6.18. The summed E-state index contributed by atoms with van der Waals surface area (Å²) in [7, 11) is 0. The summed E-state index contributed by atoms with van der Waals surface area (Å²) in [5.41, 5.74) is 5.80. The minimum Gasteiger partial charge on any atom is -0.457 e. The van der Waals surface area contributed by atoms with Gasteiger partial charge in [0.1, 0.15) is 24.0 Å². The van der Waals surface area contributed by atoms with Gasteiger partial charge in [0, 0.05) is 45.9 Å². The molecule has 5 heteroatoms. The lowest BCUT2D eigenvalue weighted by atomic mass is 9.88. The van der Waals surface area contributed by atoms with Gasteiger partial charge < -0.3 is 14.5 Å². The normalized spacial score (nSPS) is 15.1. The second-order valence-corrected chi connectivity index (χ2v) is 15.0. The zero-order valence-electron chi connectivity index (χ0n) is 41.5. The number of rotatable bonds is 7. The first-order valence-corrected chi connectivity index (χ1v) is 18.7. The summed E-state index contributed by atoms with van der Waals surface area (Å²) in [6.07, 6.45) is 1.85. The third-order valence-electron chi connectivity index (χ3n) is 10.4. The van der Waals surface area contributed by atoms with Crippen LogP contribution in [0.25, 0.3) is 49.9 Å². The molecule has 0 aliphatic carbocycles. The Kier molecular flexibility index (Phi) is 6.12. The predicted molar refractivity (Wildman–Crippen MR) is 237 cm³/mol. The summed E-state index contributed by atoms with van der Waals surface area (Å²) in [6, 6.07) is 33.6. The van der Waals surface area contributed by atoms with Gasteiger partial charge in [0.15, 0.2) is 0 Å². The first-order chi connectivity index (χ1) is 32.0. The molecule has 0 spiro atoms. The Bertz CT molecular complexity index is 3370. The number of para-hydroxylation sites is 4. The highest BCUT2D eigenvalue weighted by Crippen LogP contribution is 2.50. The fourth-order valence-corrected chi connectivity index (χ4v) is 7.75. The fourth-order valence-electron chi connectivity index (χ4n) is 7.75. The molecule has 7 aromatic carbocycles. The van der Waals surface area contributed by atoms with E-state index in [1.165, 1.54) is 0 Å². The van der Waals surface area contributed by atoms with Gasteiger partial charge in [-0.1, -0.05) is 136 Å². The molecule has 0 bridgehead atoms. The van der Waals surface area contributed by atoms with Crippen LogP contribution in [0.2, 0.25) is 0 Å². The Morgan fingerprint density at radius 2 is 1.21 bits per heavy atom. The standard InChI is InChI=1S/C52H42N4O/c1-52(2,3)38-30-31-53-50(32-38)56-46-25-11-10-22-44(46)45-29-28-41(34-49(45)56)57-40-21-14-20-39(33-40)54-35-55(48-27-13-12-26-47(48)54)51-42(36-16-6-4-7-17-36)23-15-24-43(51)37-18-8-5-9-19-37/h4-34H,35H2,1-3H3/i4D,5D,6D,7D,8D,9D,16D,17D,18D,19D. The van der Waals surface area contributed by atoms with E-state index in [0.29, 0.717) is 22.9 Å². The molecule has 0 unspecified atom stereocenters. The van der Waals surface area contributed by atoms with Crippen LogP contribution in [0.3, 0.4) is 0 Å². The quantitative estimate of drug-likeness (QED) is 0.163. The fraction of sp³-hybridized carbons (Fsp3) is 0.0962. The molecule has 1 aliphatic rings. The van der Waals surface area contributed by atoms with Gasteiger partial charge in [0.2, 0.25) is 0 Å². The largest absolute Gasteiger partial charge is 0.457 e. The zero-order chi connectivity index (χ0) is 47.2. The van der Waals surface area contributed by atoms with Gasteiger partial charge in [-0.15, -0.1) is 0 Å². The van der Waals surface area contributed by atoms with Crippen LogP contribution in [-0.4, -0.2) is 16.2 Å². The summed E-state index contributed by atoms with van der Waals surface area (Å²) in [4.78, 5) is 8.76. The van der Waals surface area contributed by atoms with Crippen molar-refractivity contribution >= 4 is 44.6 Å². The van der Waals surface area contributed by atoms with Crippen LogP contribution in [0.1, 0.15) is 40.0 Å². The van der Waals surface area contributed by atoms with E-state index in [9.17, 15) is 0 Å². The minimum atomic E-state index is -0.549. The number of pyridine rings is 1. The van der Waals surface area contributed by atoms with Crippen molar-refractivity contribution in [1.29, 1.82) is 0 Å². The molecule has 0 saturated carbocycles. The van der Waals surface area contributed by atoms with Crippen LogP contribution in [0.5, 0.6) is 11.5 Å². The highest BCUT2D eigenvalue weighted by atomic mass is 16.5. The first-order valence-electron chi connectivity index (χ1n) is 23.7. The molecule has 5 nitrogen and oxygen atoms in total. The van der Waals surface area contributed by atoms with Crippen molar-refractivity contribution in [1.82, 2.24) is 9.55 Å². The lowest BCUT2D eigenvalue weighted by Gasteiger charge is -2.27. The average Bonchev–Trinajstić information content (AvgIpc) is 3.87. The zero-order valence-corrected chi connectivity index (χ0v) is 31.5. The van der Waals surface area contributed by atoms with Crippen LogP contribution in [-0.2, 0) is 5.41 Å². The molecule has 0 atom stereocenters. The monoisotopic (exact) mass is 748 g/mol. The summed E-state index contributed by atoms with van der Waals surface area (Å²) < 4.78 is 95.8. The van der Waals surface area contributed by atoms with Crippen LogP contribution in [0, 0.1) is 0 Å². The molecule has 3 heterocycles. The van der Waals surface area contributed by atoms with Crippen molar-refractivity contribution in [2.24, 2.45) is 0 Å². The smallest absolute Gasteiger partial charge is 0.137 e. The Hall–Kier alpha value is -7.11. The summed E-state index contributed by atoms with van der Waals surface area (Å²) >= 11 is 0. The van der Waals surface area contributed by atoms with Crippen LogP contribution < -0.4 is 14.5 Å². The van der Waals surface area contributed by atoms with Crippen molar-refractivity contribution in [3.8, 4) is 39.6 Å². The number of anilines is 4. The van der Waals surface area contributed by atoms with E-state index < -0.39 is 60.4 Å². The Morgan fingerprint density at radius 3 is 1.93 bits per heavy atom. The molecule has 9 aromatic rings. The van der Waals surface area contributed by atoms with E-state index in [1.807, 2.05) is 88.8 Å². The number of benzene rings is 7. The van der Waals surface area contributed by atoms with Crippen LogP contribution in [0.15, 0.2) is 188 Å². The number of aromatic nitrogens is 2. The average molecular weight is 749 g/mol. The van der Waals surface area contributed by atoms with Crippen molar-refractivity contribution < 1.29 is 18.4 Å². The highest BCUT2D eigenvalue weighted by Gasteiger charge is 2.31. The van der Waals surface area contributed by atoms with E-state index in [1.54, 1.807) is 18.2 Å². The number of fused-ring (bicyclic) bond motifs is 4. The maximum absolute atomic E-state index is 9.01. The van der Waals surface area contributed by atoms with Gasteiger partial charge in [-0.25, -0.2) is 4.98 Å². The van der Waals surface area contributed by atoms with E-state index in [0.717, 1.165) is 44.6 Å². The highest BCUT2D eigenvalue weighted by molar-refractivity contribution is 6.09. The van der Waals surface area contributed by atoms with E-state index >= 15 is 0 Å². The lowest BCUT2D eigenvalue weighted by Crippen LogP contribution is -2.24. The molecule has 0 amide bonds. The van der Waals surface area contributed by atoms with Crippen molar-refractivity contribution in [2.45, 2.75) is 26.2 Å². The SMILES string of the molecule is [2H]c1c([2H])c([2H])c(-c2cccc(-c3c([2H])c([2H])c([2H])c([2H])c3[2H])c2N2CN(c3cccc(Oc4ccc5c6ccccc6n(-c6cc(C(C)(C)C)ccn6)c5c4)c3)c3ccccc32)c([2H])c1[2H]. The van der Waals surface area contributed by atoms with Crippen LogP contribution in [0.4, 0.5) is 22.7 Å². The van der Waals surface area contributed by atoms with Crippen LogP contribution >= 0.6 is 0 Å². The van der Waals surface area contributed by atoms with Gasteiger partial charge in [-0.2, -0.15) is 0 Å². The first kappa shape index (κ1) is 25.1. The Labute approximate surface area is 347 Å². The van der Waals surface area contributed by atoms with Crippen molar-refractivity contribution in [3.63, 3.8) is 0 Å². The Morgan fingerprint density at radius 1 is 0.579 bits per heavy atom. The molecule has 10 rings (SSSR count). The number of hydrogen-bond acceptors (Lipinski definition) is 4. The number of ether oxygens (including phenoxy) is 1. The molecule has 0 N–H and O–H groups in total. The molecular formula is C52H42N4O. The second kappa shape index (κ2) is 13.9. The topological polar surface area (TPSA) is 33.5 Å². The van der Waals surface area contributed by atoms with Crippen molar-refractivity contribution in [3.05, 3.63) is 194 Å². The Balaban J connectivity index is 1.09. The molecular weight excluding hydrogens is 697 g/mol. The minimum absolute atomic E-state index is 0.0804. The predicted octanol–water partition coefficient (Wildman–Crippen LogP) is 13.8. The molecule has 0 fully saturated rings. The summed E-state index contributed by atoms with van der Waals surface area (Å²) in [6.45, 7) is 6.67. The second-order valence-electron chi connectivity index (χ2n) is 15.0. The lowest BCUT2D eigenvalue weighted by molar-refractivity contribution is 0.483. The van der Waals surface area contributed by atoms with Gasteiger partial charge in [-0.3, -0.25) is 4.57 Å². The van der Waals surface area contributed by atoms with Gasteiger partial charge in [0.05, 0.1) is 41.8 Å². The molecule has 0 saturated heterocycles. The molecule has 1 aliphatic heterocycles. The number of nitrogens with zero attached hydrogens (tertiary/aromatic N) is 4. The van der Waals surface area contributed by atoms with E-state index in [2.05, 4.69) is 55.7 Å². The molecule has 276 valence electrons. The van der Waals surface area contributed by atoms with Gasteiger partial charge >= 0.3 is 0 Å². The third-order valence-corrected chi connectivity index (χ3v) is 10.4. The maximum atomic E-state index is 9.01. The number of hydrogen-bond donors (Lipinski definition) is 0. The maximum Gasteiger partial charge on any atom is 0.137 e. The molecule has 2 aromatic heterocycles. The van der Waals surface area contributed by atoms with E-state index in [-0.39, 0.29) is 34.3 Å². The van der Waals surface area contributed by atoms with E-state index in [4.69, 9.17) is 23.4 Å². The van der Waals surface area contributed by atoms with Gasteiger partial charge in [0.25, 0.3) is 0 Å². The molecule has 0 radical (unpaired) electrons. The van der Waals surface area contributed by atoms with Crippen molar-refractivity contribution in [2.75, 3.05) is 16.5 Å².